The van der Waals surface area contributed by atoms with Crippen molar-refractivity contribution in [3.05, 3.63) is 0 Å². The number of carbonyl (C=O) groups excluding carboxylic acids is 3. The summed E-state index contributed by atoms with van der Waals surface area (Å²) in [6, 6.07) is -0.987. The molecule has 2 unspecified atom stereocenters. The van der Waals surface area contributed by atoms with Gasteiger partial charge >= 0.3 is 5.97 Å². The molecule has 0 aliphatic carbocycles. The molecule has 14 atom stereocenters. The Morgan fingerprint density at radius 2 is 1.75 bits per heavy atom. The number of hydrogen-bond donors (Lipinski definition) is 3. The number of likely N-dealkylation sites (tertiary alicyclic amines) is 1. The van der Waals surface area contributed by atoms with E-state index in [-0.39, 0.29) is 35.9 Å². The van der Waals surface area contributed by atoms with E-state index in [9.17, 15) is 19.5 Å². The minimum Gasteiger partial charge on any atom is -0.459 e. The molecular weight excluding hydrogens is 656 g/mol. The van der Waals surface area contributed by atoms with E-state index in [1.165, 1.54) is 13.5 Å². The summed E-state index contributed by atoms with van der Waals surface area (Å²) in [5, 5.41) is 18.2. The summed E-state index contributed by atoms with van der Waals surface area (Å²) in [6.45, 7) is 17.7. The van der Waals surface area contributed by atoms with Crippen molar-refractivity contribution in [3.63, 3.8) is 0 Å². The normalized spacial score (nSPS) is 42.0. The third kappa shape index (κ3) is 10.1. The highest BCUT2D eigenvalue weighted by Crippen LogP contribution is 2.38. The van der Waals surface area contributed by atoms with Crippen LogP contribution in [0, 0.1) is 17.8 Å². The average Bonchev–Trinajstić information content (AvgIpc) is 3.12. The molecule has 3 heterocycles. The van der Waals surface area contributed by atoms with E-state index in [0.29, 0.717) is 32.2 Å². The van der Waals surface area contributed by atoms with Gasteiger partial charge < -0.3 is 44.3 Å². The second kappa shape index (κ2) is 19.1. The first kappa shape index (κ1) is 43.7. The smallest absolute Gasteiger partial charge is 0.316 e. The first-order valence-electron chi connectivity index (χ1n) is 19.2. The highest BCUT2D eigenvalue weighted by Gasteiger charge is 2.51. The number of rotatable bonds is 10. The number of ketones is 1. The quantitative estimate of drug-likeness (QED) is 0.173. The first-order chi connectivity index (χ1) is 24.0. The summed E-state index contributed by atoms with van der Waals surface area (Å²) in [5.74, 6) is -3.03. The van der Waals surface area contributed by atoms with Crippen molar-refractivity contribution >= 4 is 18.2 Å². The summed E-state index contributed by atoms with van der Waals surface area (Å²) in [7, 11) is 7.03. The van der Waals surface area contributed by atoms with Gasteiger partial charge in [0.1, 0.15) is 23.7 Å². The number of esters is 1. The Kier molecular flexibility index (Phi) is 16.3. The fourth-order valence-corrected chi connectivity index (χ4v) is 8.73. The molecule has 296 valence electrons. The lowest BCUT2D eigenvalue weighted by atomic mass is 9.78. The van der Waals surface area contributed by atoms with E-state index in [1.807, 2.05) is 46.7 Å². The Hall–Kier alpha value is -1.71. The summed E-state index contributed by atoms with van der Waals surface area (Å²) >= 11 is 0. The molecular formula is C38H70N4O9. The lowest BCUT2D eigenvalue weighted by Crippen LogP contribution is -2.65. The Morgan fingerprint density at radius 3 is 2.29 bits per heavy atom. The van der Waals surface area contributed by atoms with Crippen LogP contribution in [-0.4, -0.2) is 147 Å². The Bertz CT molecular complexity index is 1120. The van der Waals surface area contributed by atoms with E-state index in [2.05, 4.69) is 29.4 Å². The van der Waals surface area contributed by atoms with E-state index >= 15 is 0 Å². The Morgan fingerprint density at radius 1 is 1.10 bits per heavy atom. The van der Waals surface area contributed by atoms with Crippen LogP contribution in [-0.2, 0) is 38.1 Å². The second-order valence-corrected chi connectivity index (χ2v) is 16.1. The van der Waals surface area contributed by atoms with Gasteiger partial charge in [-0.25, -0.2) is 0 Å². The summed E-state index contributed by atoms with van der Waals surface area (Å²) in [4.78, 5) is 44.4. The second-order valence-electron chi connectivity index (χ2n) is 16.1. The molecule has 3 aliphatic heterocycles. The molecule has 3 aliphatic rings. The van der Waals surface area contributed by atoms with Gasteiger partial charge in [0, 0.05) is 38.3 Å². The third-order valence-corrected chi connectivity index (χ3v) is 12.3. The molecule has 0 saturated carbocycles. The number of hydrogen-bond acceptors (Lipinski definition) is 12. The zero-order valence-corrected chi connectivity index (χ0v) is 33.5. The average molecular weight is 727 g/mol. The molecule has 0 aromatic heterocycles. The van der Waals surface area contributed by atoms with Gasteiger partial charge in [0.15, 0.2) is 12.1 Å². The molecule has 3 fully saturated rings. The number of aliphatic hydroxyl groups excluding tert-OH is 1. The van der Waals surface area contributed by atoms with Crippen molar-refractivity contribution in [1.29, 1.82) is 0 Å². The van der Waals surface area contributed by atoms with E-state index < -0.39 is 59.7 Å². The van der Waals surface area contributed by atoms with E-state index in [1.54, 1.807) is 21.0 Å². The molecule has 0 radical (unpaired) electrons. The van der Waals surface area contributed by atoms with Crippen LogP contribution in [0.5, 0.6) is 0 Å². The largest absolute Gasteiger partial charge is 0.459 e. The van der Waals surface area contributed by atoms with Crippen LogP contribution < -0.4 is 10.6 Å². The maximum Gasteiger partial charge on any atom is 0.316 e. The zero-order chi connectivity index (χ0) is 38.3. The zero-order valence-electron chi connectivity index (χ0n) is 33.5. The van der Waals surface area contributed by atoms with Gasteiger partial charge in [-0.1, -0.05) is 27.2 Å². The van der Waals surface area contributed by atoms with Crippen LogP contribution in [0.2, 0.25) is 0 Å². The Labute approximate surface area is 307 Å². The van der Waals surface area contributed by atoms with Crippen molar-refractivity contribution in [3.8, 4) is 0 Å². The molecule has 3 rings (SSSR count). The summed E-state index contributed by atoms with van der Waals surface area (Å²) in [5.41, 5.74) is -2.14. The number of aliphatic hydroxyl groups is 1. The van der Waals surface area contributed by atoms with Crippen LogP contribution >= 0.6 is 0 Å². The van der Waals surface area contributed by atoms with E-state index in [4.69, 9.17) is 23.7 Å². The number of carbonyl (C=O) groups is 3. The van der Waals surface area contributed by atoms with Crippen LogP contribution in [0.15, 0.2) is 0 Å². The van der Waals surface area contributed by atoms with Gasteiger partial charge in [-0.3, -0.25) is 19.3 Å². The van der Waals surface area contributed by atoms with Crippen LogP contribution in [0.25, 0.3) is 0 Å². The molecule has 0 bridgehead atoms. The monoisotopic (exact) mass is 727 g/mol. The maximum atomic E-state index is 14.4. The number of likely N-dealkylation sites (N-methyl/N-ethyl adjacent to an activating group) is 1. The number of methoxy groups -OCH3 is 2. The topological polar surface area (TPSA) is 148 Å². The Balaban J connectivity index is 2.05. The minimum absolute atomic E-state index is 0.0116. The molecule has 3 saturated heterocycles. The number of cyclic esters (lactones) is 1. The highest BCUT2D eigenvalue weighted by molar-refractivity contribution is 6.00. The predicted molar refractivity (Wildman–Crippen MR) is 195 cm³/mol. The molecule has 13 heteroatoms. The lowest BCUT2D eigenvalue weighted by molar-refractivity contribution is -0.303. The van der Waals surface area contributed by atoms with Gasteiger partial charge in [-0.05, 0) is 106 Å². The van der Waals surface area contributed by atoms with E-state index in [0.717, 1.165) is 25.9 Å². The first-order valence-corrected chi connectivity index (χ1v) is 19.2. The summed E-state index contributed by atoms with van der Waals surface area (Å²) < 4.78 is 31.9. The molecule has 1 amide bonds. The highest BCUT2D eigenvalue weighted by atomic mass is 16.7. The molecule has 0 spiro atoms. The molecule has 0 aromatic carbocycles. The predicted octanol–water partition coefficient (Wildman–Crippen LogP) is 2.76. The number of piperidine rings is 1. The summed E-state index contributed by atoms with van der Waals surface area (Å²) in [6.07, 6.45) is 1.74. The number of nitrogens with one attached hydrogen (secondary N) is 2. The number of amides is 1. The van der Waals surface area contributed by atoms with Crippen molar-refractivity contribution in [2.24, 2.45) is 17.8 Å². The number of Topliss-reactive ketones (excluding diaryl/α,β-unsaturated/α-hetero) is 1. The molecule has 3 N–H and O–H groups in total. The van der Waals surface area contributed by atoms with Crippen molar-refractivity contribution in [1.82, 2.24) is 20.4 Å². The molecule has 0 aromatic rings. The van der Waals surface area contributed by atoms with Gasteiger partial charge in [-0.2, -0.15) is 0 Å². The van der Waals surface area contributed by atoms with Crippen LogP contribution in [0.1, 0.15) is 93.9 Å². The number of ether oxygens (including phenoxy) is 5. The fraction of sp³-hybridized carbons (Fsp3) is 0.921. The van der Waals surface area contributed by atoms with Crippen molar-refractivity contribution in [2.75, 3.05) is 47.9 Å². The lowest BCUT2D eigenvalue weighted by Gasteiger charge is -2.49. The van der Waals surface area contributed by atoms with Gasteiger partial charge in [0.2, 0.25) is 6.41 Å². The van der Waals surface area contributed by atoms with Crippen molar-refractivity contribution in [2.45, 2.75) is 160 Å². The number of nitrogens with zero attached hydrogens (tertiary/aromatic N) is 2. The third-order valence-electron chi connectivity index (χ3n) is 12.3. The standard InChI is InChI=1S/C38H70N4O9/c1-13-30-38(8,48-12)33(40-22-43)26(5)39-21-23(2)20-37(7,47-11)34(24(3)31(44)25(4)35(46)50-30)51-36-32(45)28(41(9)10)19-29(49-36)27(6)42-17-15-14-16-18-42/h22-30,32-34,36,39,45H,13-21H2,1-12H3,(H,40,43)/t23-,24+,25?,26-,27-,28?,29+,30-,32-,33-,34-,36+,37-,38-/m1/s1. The molecule has 51 heavy (non-hydrogen) atoms. The van der Waals surface area contributed by atoms with Crippen LogP contribution in [0.3, 0.4) is 0 Å². The van der Waals surface area contributed by atoms with Gasteiger partial charge in [0.25, 0.3) is 0 Å². The van der Waals surface area contributed by atoms with Gasteiger partial charge in [-0.15, -0.1) is 0 Å². The SMILES string of the molecule is CC[C@H]1OC(=O)C(C)C(=O)[C@H](C)[C@@H](O[C@@H]2O[C@H]([C@@H](C)N3CCCCC3)CC(N(C)C)[C@H]2O)[C@](C)(OC)C[C@@H](C)CN[C@H](C)[C@@H](NC=O)[C@]1(C)OC. The minimum atomic E-state index is -1.14. The fourth-order valence-electron chi connectivity index (χ4n) is 8.73. The van der Waals surface area contributed by atoms with Gasteiger partial charge in [0.05, 0.1) is 23.9 Å². The van der Waals surface area contributed by atoms with Crippen LogP contribution in [0.4, 0.5) is 0 Å². The maximum absolute atomic E-state index is 14.4. The molecule has 13 nitrogen and oxygen atoms in total. The van der Waals surface area contributed by atoms with Crippen molar-refractivity contribution < 1.29 is 43.2 Å².